The molecule has 0 aromatic rings. The van der Waals surface area contributed by atoms with Crippen LogP contribution in [-0.2, 0) is 14.3 Å². The molecule has 0 N–H and O–H groups in total. The van der Waals surface area contributed by atoms with Crippen molar-refractivity contribution in [3.05, 3.63) is 0 Å². The van der Waals surface area contributed by atoms with Crippen molar-refractivity contribution in [1.82, 2.24) is 4.90 Å². The maximum Gasteiger partial charge on any atom is 0.243 e. The van der Waals surface area contributed by atoms with E-state index >= 15 is 0 Å². The second-order valence-electron chi connectivity index (χ2n) is 5.39. The zero-order chi connectivity index (χ0) is 15.0. The number of nitriles is 1. The van der Waals surface area contributed by atoms with Crippen LogP contribution in [0.4, 0.5) is 0 Å². The van der Waals surface area contributed by atoms with Gasteiger partial charge in [-0.2, -0.15) is 5.26 Å². The Morgan fingerprint density at radius 3 is 2.10 bits per heavy atom. The maximum atomic E-state index is 12.6. The Morgan fingerprint density at radius 1 is 1.25 bits per heavy atom. The predicted octanol–water partition coefficient (Wildman–Crippen LogP) is 1.83. The van der Waals surface area contributed by atoms with Crippen LogP contribution in [-0.4, -0.2) is 50.3 Å². The van der Waals surface area contributed by atoms with Gasteiger partial charge in [-0.15, -0.1) is 0 Å². The number of hydrogen-bond donors (Lipinski definition) is 0. The molecule has 20 heavy (non-hydrogen) atoms. The molecule has 1 aliphatic rings. The van der Waals surface area contributed by atoms with Crippen LogP contribution in [0, 0.1) is 22.7 Å². The number of carbonyl (C=O) groups is 1. The number of amides is 1. The molecule has 0 bridgehead atoms. The van der Waals surface area contributed by atoms with Gasteiger partial charge in [0.1, 0.15) is 5.41 Å². The summed E-state index contributed by atoms with van der Waals surface area (Å²) in [5.41, 5.74) is -0.808. The highest BCUT2D eigenvalue weighted by atomic mass is 16.5. The Morgan fingerprint density at radius 2 is 1.75 bits per heavy atom. The largest absolute Gasteiger partial charge is 0.380 e. The van der Waals surface area contributed by atoms with E-state index in [4.69, 9.17) is 9.47 Å². The quantitative estimate of drug-likeness (QED) is 0.605. The van der Waals surface area contributed by atoms with Crippen molar-refractivity contribution >= 4 is 5.91 Å². The van der Waals surface area contributed by atoms with E-state index in [0.29, 0.717) is 58.3 Å². The van der Waals surface area contributed by atoms with Crippen molar-refractivity contribution in [2.24, 2.45) is 11.3 Å². The van der Waals surface area contributed by atoms with Gasteiger partial charge in [-0.1, -0.05) is 6.92 Å². The molecule has 0 aliphatic heterocycles. The van der Waals surface area contributed by atoms with Gasteiger partial charge in [0, 0.05) is 26.3 Å². The molecule has 1 rings (SSSR count). The molecule has 0 radical (unpaired) electrons. The zero-order valence-electron chi connectivity index (χ0n) is 12.9. The standard InChI is InChI=1S/C15H26N2O3/c1-4-19-8-6-17(7-9-20-5-2)14(18)15(12-16)10-13(3)11-15/h13H,4-11H2,1-3H3. The van der Waals surface area contributed by atoms with E-state index in [1.807, 2.05) is 13.8 Å². The smallest absolute Gasteiger partial charge is 0.243 e. The molecule has 114 valence electrons. The molecule has 1 aliphatic carbocycles. The summed E-state index contributed by atoms with van der Waals surface area (Å²) in [5.74, 6) is 0.400. The molecule has 0 aromatic carbocycles. The van der Waals surface area contributed by atoms with Crippen molar-refractivity contribution in [3.63, 3.8) is 0 Å². The SMILES string of the molecule is CCOCCN(CCOCC)C(=O)C1(C#N)CC(C)C1. The Hall–Kier alpha value is -1.12. The van der Waals surface area contributed by atoms with E-state index in [0.717, 1.165) is 0 Å². The summed E-state index contributed by atoms with van der Waals surface area (Å²) >= 11 is 0. The van der Waals surface area contributed by atoms with Crippen molar-refractivity contribution in [2.45, 2.75) is 33.6 Å². The van der Waals surface area contributed by atoms with Crippen LogP contribution >= 0.6 is 0 Å². The van der Waals surface area contributed by atoms with E-state index in [1.165, 1.54) is 0 Å². The van der Waals surface area contributed by atoms with Gasteiger partial charge < -0.3 is 14.4 Å². The highest BCUT2D eigenvalue weighted by molar-refractivity contribution is 5.86. The third kappa shape index (κ3) is 4.19. The summed E-state index contributed by atoms with van der Waals surface area (Å²) in [6.45, 7) is 9.26. The van der Waals surface area contributed by atoms with Crippen molar-refractivity contribution in [3.8, 4) is 6.07 Å². The maximum absolute atomic E-state index is 12.6. The average Bonchev–Trinajstić information content (AvgIpc) is 2.41. The molecule has 0 atom stereocenters. The van der Waals surface area contributed by atoms with Crippen LogP contribution in [0.15, 0.2) is 0 Å². The highest BCUT2D eigenvalue weighted by Gasteiger charge is 2.50. The first-order valence-electron chi connectivity index (χ1n) is 7.45. The van der Waals surface area contributed by atoms with Crippen LogP contribution in [0.1, 0.15) is 33.6 Å². The molecular weight excluding hydrogens is 256 g/mol. The fourth-order valence-corrected chi connectivity index (χ4v) is 2.70. The van der Waals surface area contributed by atoms with Crippen LogP contribution in [0.5, 0.6) is 0 Å². The molecule has 1 fully saturated rings. The van der Waals surface area contributed by atoms with Crippen LogP contribution in [0.3, 0.4) is 0 Å². The third-order valence-corrected chi connectivity index (χ3v) is 3.72. The van der Waals surface area contributed by atoms with Gasteiger partial charge in [0.25, 0.3) is 0 Å². The van der Waals surface area contributed by atoms with Crippen LogP contribution in [0.2, 0.25) is 0 Å². The lowest BCUT2D eigenvalue weighted by Crippen LogP contribution is -2.51. The second kappa shape index (κ2) is 8.23. The molecule has 5 heteroatoms. The summed E-state index contributed by atoms with van der Waals surface area (Å²) in [4.78, 5) is 14.3. The first kappa shape index (κ1) is 16.9. The van der Waals surface area contributed by atoms with Crippen LogP contribution < -0.4 is 0 Å². The Bertz CT molecular complexity index is 336. The molecular formula is C15H26N2O3. The third-order valence-electron chi connectivity index (χ3n) is 3.72. The fraction of sp³-hybridized carbons (Fsp3) is 0.867. The van der Waals surface area contributed by atoms with E-state index in [-0.39, 0.29) is 5.91 Å². The molecule has 5 nitrogen and oxygen atoms in total. The van der Waals surface area contributed by atoms with Crippen molar-refractivity contribution in [1.29, 1.82) is 5.26 Å². The first-order chi connectivity index (χ1) is 9.59. The first-order valence-corrected chi connectivity index (χ1v) is 7.45. The molecule has 0 aromatic heterocycles. The summed E-state index contributed by atoms with van der Waals surface area (Å²) in [6.07, 6.45) is 1.34. The van der Waals surface area contributed by atoms with E-state index in [1.54, 1.807) is 4.90 Å². The van der Waals surface area contributed by atoms with Gasteiger partial charge in [-0.25, -0.2) is 0 Å². The molecule has 1 amide bonds. The van der Waals surface area contributed by atoms with E-state index in [9.17, 15) is 10.1 Å². The predicted molar refractivity (Wildman–Crippen MR) is 76.0 cm³/mol. The summed E-state index contributed by atoms with van der Waals surface area (Å²) in [6, 6.07) is 2.23. The number of carbonyl (C=O) groups excluding carboxylic acids is 1. The number of hydrogen-bond acceptors (Lipinski definition) is 4. The lowest BCUT2D eigenvalue weighted by Gasteiger charge is -2.42. The topological polar surface area (TPSA) is 62.6 Å². The van der Waals surface area contributed by atoms with Gasteiger partial charge in [-0.3, -0.25) is 4.79 Å². The molecule has 0 saturated heterocycles. The normalized spacial score (nSPS) is 24.8. The lowest BCUT2D eigenvalue weighted by molar-refractivity contribution is -0.146. The van der Waals surface area contributed by atoms with Gasteiger partial charge in [0.05, 0.1) is 19.3 Å². The van der Waals surface area contributed by atoms with Crippen molar-refractivity contribution in [2.75, 3.05) is 39.5 Å². The minimum absolute atomic E-state index is 0.0579. The molecule has 0 heterocycles. The number of rotatable bonds is 9. The van der Waals surface area contributed by atoms with Gasteiger partial charge in [0.2, 0.25) is 5.91 Å². The minimum atomic E-state index is -0.808. The average molecular weight is 282 g/mol. The zero-order valence-corrected chi connectivity index (χ0v) is 12.9. The van der Waals surface area contributed by atoms with E-state index in [2.05, 4.69) is 13.0 Å². The summed E-state index contributed by atoms with van der Waals surface area (Å²) in [7, 11) is 0. The number of ether oxygens (including phenoxy) is 2. The second-order valence-corrected chi connectivity index (χ2v) is 5.39. The lowest BCUT2D eigenvalue weighted by atomic mass is 9.62. The number of nitrogens with zero attached hydrogens (tertiary/aromatic N) is 2. The Balaban J connectivity index is 2.60. The molecule has 0 unspecified atom stereocenters. The molecule has 0 spiro atoms. The van der Waals surface area contributed by atoms with Gasteiger partial charge in [0.15, 0.2) is 0 Å². The van der Waals surface area contributed by atoms with Crippen molar-refractivity contribution < 1.29 is 14.3 Å². The van der Waals surface area contributed by atoms with E-state index < -0.39 is 5.41 Å². The Labute approximate surface area is 121 Å². The minimum Gasteiger partial charge on any atom is -0.380 e. The highest BCUT2D eigenvalue weighted by Crippen LogP contribution is 2.46. The Kier molecular flexibility index (Phi) is 6.97. The van der Waals surface area contributed by atoms with Crippen LogP contribution in [0.25, 0.3) is 0 Å². The van der Waals surface area contributed by atoms with Gasteiger partial charge in [-0.05, 0) is 32.6 Å². The summed E-state index contributed by atoms with van der Waals surface area (Å²) < 4.78 is 10.6. The van der Waals surface area contributed by atoms with Gasteiger partial charge >= 0.3 is 0 Å². The summed E-state index contributed by atoms with van der Waals surface area (Å²) in [5, 5.41) is 9.36. The molecule has 1 saturated carbocycles. The fourth-order valence-electron chi connectivity index (χ4n) is 2.70. The monoisotopic (exact) mass is 282 g/mol.